The third kappa shape index (κ3) is 3.86. The molecule has 4 heterocycles. The molecule has 6 nitrogen and oxygen atoms in total. The Labute approximate surface area is 153 Å². The Bertz CT molecular complexity index is 850. The Morgan fingerprint density at radius 3 is 2.77 bits per heavy atom. The van der Waals surface area contributed by atoms with Crippen LogP contribution in [0.25, 0.3) is 0 Å². The number of nitrogens with one attached hydrogen (secondary N) is 1. The molecule has 1 aliphatic rings. The number of rotatable bonds is 5. The molecule has 0 amide bonds. The van der Waals surface area contributed by atoms with Crippen LogP contribution in [0.2, 0.25) is 0 Å². The van der Waals surface area contributed by atoms with Crippen LogP contribution in [-0.2, 0) is 6.54 Å². The van der Waals surface area contributed by atoms with Crippen molar-refractivity contribution in [2.45, 2.75) is 32.4 Å². The van der Waals surface area contributed by atoms with Crippen molar-refractivity contribution in [3.05, 3.63) is 71.9 Å². The van der Waals surface area contributed by atoms with E-state index in [4.69, 9.17) is 4.98 Å². The van der Waals surface area contributed by atoms with Crippen LogP contribution in [0.4, 0.5) is 11.8 Å². The topological polar surface area (TPSA) is 66.8 Å². The quantitative estimate of drug-likeness (QED) is 0.760. The minimum Gasteiger partial charge on any atom is -0.309 e. The van der Waals surface area contributed by atoms with E-state index in [-0.39, 0.29) is 0 Å². The molecule has 0 bridgehead atoms. The van der Waals surface area contributed by atoms with Gasteiger partial charge in [-0.2, -0.15) is 0 Å². The summed E-state index contributed by atoms with van der Waals surface area (Å²) in [6.45, 7) is 4.02. The molecule has 0 aromatic carbocycles. The minimum atomic E-state index is 0.317. The maximum Gasteiger partial charge on any atom is 0.228 e. The Balaban J connectivity index is 1.50. The van der Waals surface area contributed by atoms with Gasteiger partial charge < -0.3 is 5.32 Å². The zero-order valence-electron chi connectivity index (χ0n) is 14.8. The molecule has 6 heteroatoms. The Kier molecular flexibility index (Phi) is 4.84. The van der Waals surface area contributed by atoms with E-state index in [1.165, 1.54) is 12.0 Å². The average molecular weight is 346 g/mol. The second kappa shape index (κ2) is 7.58. The summed E-state index contributed by atoms with van der Waals surface area (Å²) in [7, 11) is 0. The Morgan fingerprint density at radius 2 is 1.96 bits per heavy atom. The molecule has 1 saturated heterocycles. The molecule has 132 valence electrons. The van der Waals surface area contributed by atoms with Crippen LogP contribution in [0.15, 0.2) is 55.1 Å². The predicted octanol–water partition coefficient (Wildman–Crippen LogP) is 3.66. The molecule has 3 aromatic rings. The summed E-state index contributed by atoms with van der Waals surface area (Å²) in [6.07, 6.45) is 9.65. The molecule has 1 aliphatic heterocycles. The van der Waals surface area contributed by atoms with E-state index < -0.39 is 0 Å². The average Bonchev–Trinajstić information content (AvgIpc) is 3.13. The van der Waals surface area contributed by atoms with E-state index in [1.807, 2.05) is 49.9 Å². The maximum absolute atomic E-state index is 4.75. The monoisotopic (exact) mass is 346 g/mol. The van der Waals surface area contributed by atoms with Crippen molar-refractivity contribution < 1.29 is 0 Å². The standard InChI is InChI=1S/C20H22N6/c1-15-4-5-19(23-13-15)25-20-22-11-8-17(24-20)18-3-2-12-26(18)14-16-6-9-21-10-7-16/h4-11,13,18H,2-3,12,14H2,1H3,(H,22,23,24,25). The first-order chi connectivity index (χ1) is 12.8. The molecule has 1 N–H and O–H groups in total. The molecular weight excluding hydrogens is 324 g/mol. The summed E-state index contributed by atoms with van der Waals surface area (Å²) < 4.78 is 0. The van der Waals surface area contributed by atoms with Crippen LogP contribution in [0, 0.1) is 6.92 Å². The van der Waals surface area contributed by atoms with Crippen LogP contribution < -0.4 is 5.32 Å². The maximum atomic E-state index is 4.75. The van der Waals surface area contributed by atoms with Crippen LogP contribution in [0.5, 0.6) is 0 Å². The highest BCUT2D eigenvalue weighted by atomic mass is 15.2. The van der Waals surface area contributed by atoms with Gasteiger partial charge in [0.2, 0.25) is 5.95 Å². The number of aromatic nitrogens is 4. The lowest BCUT2D eigenvalue weighted by atomic mass is 10.1. The smallest absolute Gasteiger partial charge is 0.228 e. The van der Waals surface area contributed by atoms with Crippen molar-refractivity contribution >= 4 is 11.8 Å². The number of nitrogens with zero attached hydrogens (tertiary/aromatic N) is 5. The van der Waals surface area contributed by atoms with Crippen molar-refractivity contribution in [1.82, 2.24) is 24.8 Å². The van der Waals surface area contributed by atoms with E-state index in [0.717, 1.165) is 36.6 Å². The zero-order chi connectivity index (χ0) is 17.8. The minimum absolute atomic E-state index is 0.317. The number of hydrogen-bond acceptors (Lipinski definition) is 6. The van der Waals surface area contributed by atoms with Gasteiger partial charge in [-0.3, -0.25) is 9.88 Å². The molecule has 0 spiro atoms. The molecular formula is C20H22N6. The molecule has 0 saturated carbocycles. The van der Waals surface area contributed by atoms with Crippen molar-refractivity contribution in [1.29, 1.82) is 0 Å². The lowest BCUT2D eigenvalue weighted by molar-refractivity contribution is 0.244. The first-order valence-electron chi connectivity index (χ1n) is 8.93. The third-order valence-corrected chi connectivity index (χ3v) is 4.67. The number of hydrogen-bond donors (Lipinski definition) is 1. The molecule has 1 fully saturated rings. The summed E-state index contributed by atoms with van der Waals surface area (Å²) >= 11 is 0. The van der Waals surface area contributed by atoms with Gasteiger partial charge in [0.1, 0.15) is 5.82 Å². The normalized spacial score (nSPS) is 17.3. The predicted molar refractivity (Wildman–Crippen MR) is 101 cm³/mol. The fraction of sp³-hybridized carbons (Fsp3) is 0.300. The fourth-order valence-corrected chi connectivity index (χ4v) is 3.35. The van der Waals surface area contributed by atoms with Gasteiger partial charge in [-0.25, -0.2) is 15.0 Å². The number of aryl methyl sites for hydroxylation is 1. The molecule has 26 heavy (non-hydrogen) atoms. The van der Waals surface area contributed by atoms with Crippen molar-refractivity contribution in [2.24, 2.45) is 0 Å². The van der Waals surface area contributed by atoms with Gasteiger partial charge in [-0.15, -0.1) is 0 Å². The van der Waals surface area contributed by atoms with E-state index in [1.54, 1.807) is 0 Å². The van der Waals surface area contributed by atoms with Gasteiger partial charge in [0.25, 0.3) is 0 Å². The van der Waals surface area contributed by atoms with E-state index >= 15 is 0 Å². The second-order valence-corrected chi connectivity index (χ2v) is 6.63. The summed E-state index contributed by atoms with van der Waals surface area (Å²) in [6, 6.07) is 10.4. The third-order valence-electron chi connectivity index (χ3n) is 4.67. The molecule has 0 radical (unpaired) electrons. The number of pyridine rings is 2. The van der Waals surface area contributed by atoms with Crippen LogP contribution >= 0.6 is 0 Å². The summed E-state index contributed by atoms with van der Waals surface area (Å²) in [4.78, 5) is 20.0. The SMILES string of the molecule is Cc1ccc(Nc2nccc(C3CCCN3Cc3ccncc3)n2)nc1. The second-order valence-electron chi connectivity index (χ2n) is 6.63. The molecule has 0 aliphatic carbocycles. The van der Waals surface area contributed by atoms with Crippen molar-refractivity contribution in [3.63, 3.8) is 0 Å². The molecule has 4 rings (SSSR count). The summed E-state index contributed by atoms with van der Waals surface area (Å²) in [5.74, 6) is 1.35. The van der Waals surface area contributed by atoms with Gasteiger partial charge >= 0.3 is 0 Å². The molecule has 1 unspecified atom stereocenters. The van der Waals surface area contributed by atoms with Crippen LogP contribution in [0.1, 0.15) is 35.7 Å². The van der Waals surface area contributed by atoms with Gasteiger partial charge in [0.15, 0.2) is 0 Å². The van der Waals surface area contributed by atoms with Crippen LogP contribution in [0.3, 0.4) is 0 Å². The Hall–Kier alpha value is -2.86. The zero-order valence-corrected chi connectivity index (χ0v) is 14.8. The van der Waals surface area contributed by atoms with Gasteiger partial charge in [0.05, 0.1) is 11.7 Å². The lowest BCUT2D eigenvalue weighted by Gasteiger charge is -2.24. The fourth-order valence-electron chi connectivity index (χ4n) is 3.35. The summed E-state index contributed by atoms with van der Waals surface area (Å²) in [5.41, 5.74) is 3.47. The number of likely N-dealkylation sites (tertiary alicyclic amines) is 1. The molecule has 3 aromatic heterocycles. The first-order valence-corrected chi connectivity index (χ1v) is 8.93. The van der Waals surface area contributed by atoms with Crippen molar-refractivity contribution in [3.8, 4) is 0 Å². The highest BCUT2D eigenvalue weighted by molar-refractivity contribution is 5.47. The van der Waals surface area contributed by atoms with E-state index in [2.05, 4.69) is 37.3 Å². The highest BCUT2D eigenvalue weighted by Crippen LogP contribution is 2.32. The van der Waals surface area contributed by atoms with Crippen LogP contribution in [-0.4, -0.2) is 31.4 Å². The Morgan fingerprint density at radius 1 is 1.08 bits per heavy atom. The van der Waals surface area contributed by atoms with E-state index in [0.29, 0.717) is 12.0 Å². The highest BCUT2D eigenvalue weighted by Gasteiger charge is 2.27. The van der Waals surface area contributed by atoms with Gasteiger partial charge in [-0.1, -0.05) is 6.07 Å². The molecule has 1 atom stereocenters. The van der Waals surface area contributed by atoms with E-state index in [9.17, 15) is 0 Å². The van der Waals surface area contributed by atoms with Gasteiger partial charge in [-0.05, 0) is 61.7 Å². The largest absolute Gasteiger partial charge is 0.309 e. The van der Waals surface area contributed by atoms with Gasteiger partial charge in [0, 0.05) is 31.3 Å². The van der Waals surface area contributed by atoms with Crippen molar-refractivity contribution in [2.75, 3.05) is 11.9 Å². The summed E-state index contributed by atoms with van der Waals surface area (Å²) in [5, 5.41) is 3.20. The first kappa shape index (κ1) is 16.6. The lowest BCUT2D eigenvalue weighted by Crippen LogP contribution is -2.23. The number of anilines is 2.